The second-order valence-corrected chi connectivity index (χ2v) is 5.66. The highest BCUT2D eigenvalue weighted by Crippen LogP contribution is 2.29. The van der Waals surface area contributed by atoms with E-state index >= 15 is 0 Å². The summed E-state index contributed by atoms with van der Waals surface area (Å²) in [6.45, 7) is 5.94. The van der Waals surface area contributed by atoms with Crippen molar-refractivity contribution >= 4 is 23.1 Å². The third kappa shape index (κ3) is 2.78. The van der Waals surface area contributed by atoms with Gasteiger partial charge in [-0.15, -0.1) is 10.2 Å². The summed E-state index contributed by atoms with van der Waals surface area (Å²) >= 11 is 0. The normalized spacial score (nSPS) is 11.5. The maximum atomic E-state index is 11.5. The van der Waals surface area contributed by atoms with Gasteiger partial charge in [-0.3, -0.25) is 4.40 Å². The van der Waals surface area contributed by atoms with Gasteiger partial charge in [-0.05, 0) is 43.0 Å². The molecule has 0 amide bonds. The van der Waals surface area contributed by atoms with Crippen molar-refractivity contribution < 1.29 is 9.90 Å². The summed E-state index contributed by atoms with van der Waals surface area (Å²) in [5, 5.41) is 18.0. The summed E-state index contributed by atoms with van der Waals surface area (Å²) in [6.07, 6.45) is 2.63. The molecule has 0 spiro atoms. The summed E-state index contributed by atoms with van der Waals surface area (Å²) in [5.41, 5.74) is 4.27. The number of benzene rings is 1. The molecule has 6 nitrogen and oxygen atoms in total. The number of fused-ring (bicyclic) bond motifs is 1. The Morgan fingerprint density at radius 2 is 2.00 bits per heavy atom. The number of aromatic nitrogens is 2. The van der Waals surface area contributed by atoms with Crippen LogP contribution in [0.4, 0.5) is 11.5 Å². The smallest absolute Gasteiger partial charge is 0.358 e. The van der Waals surface area contributed by atoms with Crippen LogP contribution < -0.4 is 0 Å². The molecule has 0 fully saturated rings. The van der Waals surface area contributed by atoms with Gasteiger partial charge in [0.25, 0.3) is 0 Å². The van der Waals surface area contributed by atoms with Gasteiger partial charge in [-0.2, -0.15) is 0 Å². The molecule has 0 atom stereocenters. The van der Waals surface area contributed by atoms with E-state index in [1.54, 1.807) is 10.5 Å². The van der Waals surface area contributed by atoms with Crippen molar-refractivity contribution in [1.29, 1.82) is 0 Å². The second kappa shape index (κ2) is 6.23. The van der Waals surface area contributed by atoms with Crippen LogP contribution in [-0.4, -0.2) is 20.5 Å². The largest absolute Gasteiger partial charge is 0.476 e. The molecule has 0 saturated heterocycles. The van der Waals surface area contributed by atoms with Crippen LogP contribution in [0, 0.1) is 13.8 Å². The molecule has 0 unspecified atom stereocenters. The number of carboxylic acid groups (broad SMARTS) is 1. The molecule has 1 N–H and O–H groups in total. The average Bonchev–Trinajstić information content (AvgIpc) is 2.91. The van der Waals surface area contributed by atoms with Crippen molar-refractivity contribution in [1.82, 2.24) is 9.38 Å². The van der Waals surface area contributed by atoms with Crippen LogP contribution in [0.1, 0.15) is 34.1 Å². The van der Waals surface area contributed by atoms with Crippen molar-refractivity contribution in [3.8, 4) is 0 Å². The quantitative estimate of drug-likeness (QED) is 0.711. The molecule has 0 aliphatic rings. The minimum atomic E-state index is -1.12. The zero-order valence-corrected chi connectivity index (χ0v) is 13.8. The van der Waals surface area contributed by atoms with E-state index < -0.39 is 5.97 Å². The summed E-state index contributed by atoms with van der Waals surface area (Å²) in [6, 6.07) is 9.59. The second-order valence-electron chi connectivity index (χ2n) is 5.66. The Morgan fingerprint density at radius 3 is 2.71 bits per heavy atom. The predicted octanol–water partition coefficient (Wildman–Crippen LogP) is 4.63. The van der Waals surface area contributed by atoms with Gasteiger partial charge in [0.05, 0.1) is 5.69 Å². The summed E-state index contributed by atoms with van der Waals surface area (Å²) in [4.78, 5) is 15.6. The van der Waals surface area contributed by atoms with Crippen LogP contribution in [0.2, 0.25) is 0 Å². The third-order valence-electron chi connectivity index (χ3n) is 3.89. The zero-order valence-electron chi connectivity index (χ0n) is 13.8. The first-order chi connectivity index (χ1) is 11.5. The van der Waals surface area contributed by atoms with Crippen molar-refractivity contribution in [2.75, 3.05) is 0 Å². The Balaban J connectivity index is 2.18. The number of azo groups is 1. The molecule has 3 aromatic rings. The maximum absolute atomic E-state index is 11.5. The average molecular weight is 322 g/mol. The third-order valence-corrected chi connectivity index (χ3v) is 3.89. The lowest BCUT2D eigenvalue weighted by atomic mass is 10.1. The highest BCUT2D eigenvalue weighted by molar-refractivity contribution is 5.91. The summed E-state index contributed by atoms with van der Waals surface area (Å²) < 4.78 is 1.66. The van der Waals surface area contributed by atoms with Crippen molar-refractivity contribution in [2.45, 2.75) is 27.2 Å². The number of rotatable bonds is 4. The van der Waals surface area contributed by atoms with E-state index in [0.29, 0.717) is 5.65 Å². The maximum Gasteiger partial charge on any atom is 0.358 e. The fourth-order valence-electron chi connectivity index (χ4n) is 2.62. The van der Waals surface area contributed by atoms with Crippen molar-refractivity contribution in [3.63, 3.8) is 0 Å². The number of hydrogen-bond acceptors (Lipinski definition) is 4. The number of hydrogen-bond donors (Lipinski definition) is 1. The van der Waals surface area contributed by atoms with E-state index in [0.717, 1.165) is 28.8 Å². The minimum absolute atomic E-state index is 0.101. The van der Waals surface area contributed by atoms with Gasteiger partial charge >= 0.3 is 5.97 Å². The Kier molecular flexibility index (Phi) is 4.12. The van der Waals surface area contributed by atoms with Crippen LogP contribution in [0.25, 0.3) is 5.65 Å². The van der Waals surface area contributed by atoms with Crippen LogP contribution in [0.3, 0.4) is 0 Å². The Bertz CT molecular complexity index is 957. The van der Waals surface area contributed by atoms with Crippen LogP contribution >= 0.6 is 0 Å². The van der Waals surface area contributed by atoms with Crippen molar-refractivity contribution in [3.05, 3.63) is 58.9 Å². The minimum Gasteiger partial charge on any atom is -0.476 e. The first-order valence-electron chi connectivity index (χ1n) is 7.73. The lowest BCUT2D eigenvalue weighted by Gasteiger charge is -2.05. The topological polar surface area (TPSA) is 79.3 Å². The van der Waals surface area contributed by atoms with Gasteiger partial charge < -0.3 is 5.11 Å². The molecule has 0 saturated carbocycles. The number of aromatic carboxylic acids is 1. The molecule has 0 radical (unpaired) electrons. The number of aryl methyl sites for hydroxylation is 3. The Hall–Kier alpha value is -3.02. The fraction of sp³-hybridized carbons (Fsp3) is 0.222. The van der Waals surface area contributed by atoms with Gasteiger partial charge in [0.2, 0.25) is 0 Å². The number of nitrogens with zero attached hydrogens (tertiary/aromatic N) is 4. The van der Waals surface area contributed by atoms with E-state index in [9.17, 15) is 9.90 Å². The van der Waals surface area contributed by atoms with E-state index in [-0.39, 0.29) is 11.5 Å². The summed E-state index contributed by atoms with van der Waals surface area (Å²) in [5.74, 6) is -0.891. The number of imidazole rings is 1. The SMILES string of the molecule is CCc1cccc(C)c1N=Nc1c(C(=O)O)nc2ccc(C)cn12. The van der Waals surface area contributed by atoms with E-state index in [2.05, 4.69) is 15.2 Å². The first-order valence-corrected chi connectivity index (χ1v) is 7.73. The number of carbonyl (C=O) groups is 1. The zero-order chi connectivity index (χ0) is 17.3. The van der Waals surface area contributed by atoms with Crippen LogP contribution in [0.5, 0.6) is 0 Å². The molecular formula is C18H18N4O2. The highest BCUT2D eigenvalue weighted by Gasteiger charge is 2.18. The molecule has 1 aromatic carbocycles. The molecule has 0 bridgehead atoms. The van der Waals surface area contributed by atoms with Gasteiger partial charge in [-0.25, -0.2) is 9.78 Å². The summed E-state index contributed by atoms with van der Waals surface area (Å²) in [7, 11) is 0. The molecule has 122 valence electrons. The Labute approximate surface area is 139 Å². The lowest BCUT2D eigenvalue weighted by molar-refractivity contribution is 0.0692. The molecule has 3 rings (SSSR count). The molecule has 2 aromatic heterocycles. The lowest BCUT2D eigenvalue weighted by Crippen LogP contribution is -1.96. The number of pyridine rings is 1. The predicted molar refractivity (Wildman–Crippen MR) is 91.6 cm³/mol. The highest BCUT2D eigenvalue weighted by atomic mass is 16.4. The molecule has 24 heavy (non-hydrogen) atoms. The standard InChI is InChI=1S/C18H18N4O2/c1-4-13-7-5-6-12(3)15(13)20-21-17-16(18(23)24)19-14-9-8-11(2)10-22(14)17/h5-10H,4H2,1-3H3,(H,23,24). The molecule has 0 aliphatic heterocycles. The molecule has 2 heterocycles. The molecule has 6 heteroatoms. The van der Waals surface area contributed by atoms with Gasteiger partial charge in [0, 0.05) is 6.20 Å². The first kappa shape index (κ1) is 15.9. The Morgan fingerprint density at radius 1 is 1.21 bits per heavy atom. The van der Waals surface area contributed by atoms with Crippen molar-refractivity contribution in [2.24, 2.45) is 10.2 Å². The van der Waals surface area contributed by atoms with E-state index in [1.807, 2.05) is 51.2 Å². The van der Waals surface area contributed by atoms with Gasteiger partial charge in [0.1, 0.15) is 5.65 Å². The van der Waals surface area contributed by atoms with Gasteiger partial charge in [0.15, 0.2) is 11.5 Å². The monoisotopic (exact) mass is 322 g/mol. The van der Waals surface area contributed by atoms with Crippen LogP contribution in [0.15, 0.2) is 46.8 Å². The number of carboxylic acids is 1. The van der Waals surface area contributed by atoms with E-state index in [1.165, 1.54) is 0 Å². The van der Waals surface area contributed by atoms with Crippen LogP contribution in [-0.2, 0) is 6.42 Å². The fourth-order valence-corrected chi connectivity index (χ4v) is 2.62. The molecule has 0 aliphatic carbocycles. The molecular weight excluding hydrogens is 304 g/mol. The van der Waals surface area contributed by atoms with Gasteiger partial charge in [-0.1, -0.05) is 31.2 Å². The van der Waals surface area contributed by atoms with E-state index in [4.69, 9.17) is 0 Å².